The minimum absolute atomic E-state index is 0.196. The van der Waals surface area contributed by atoms with Crippen molar-refractivity contribution in [3.8, 4) is 0 Å². The van der Waals surface area contributed by atoms with Crippen molar-refractivity contribution in [1.29, 1.82) is 0 Å². The van der Waals surface area contributed by atoms with Crippen LogP contribution >= 0.6 is 22.6 Å². The Morgan fingerprint density at radius 1 is 0.840 bits per heavy atom. The Kier molecular flexibility index (Phi) is 5.74. The summed E-state index contributed by atoms with van der Waals surface area (Å²) < 4.78 is 1.21. The van der Waals surface area contributed by atoms with Crippen molar-refractivity contribution in [2.24, 2.45) is 0 Å². The Balaban J connectivity index is 1.82. The monoisotopic (exact) mass is 443 g/mol. The van der Waals surface area contributed by atoms with Crippen LogP contribution in [0.15, 0.2) is 59.7 Å². The number of anilines is 1. The molecule has 0 aromatic heterocycles. The lowest BCUT2D eigenvalue weighted by Gasteiger charge is -2.17. The van der Waals surface area contributed by atoms with Gasteiger partial charge in [-0.05, 0) is 89.4 Å². The van der Waals surface area contributed by atoms with E-state index in [0.29, 0.717) is 0 Å². The standard InChI is InChI=1S/C22H22INO/c1-24(2)21-12-8-17(9-13-21)15-19-5-3-4-18(22(19)25)14-16-6-10-20(23)11-7-16/h6-15H,3-5H2,1-2H3. The SMILES string of the molecule is CN(C)c1ccc(C=C2CCCC(=Cc3ccc(I)cc3)C2=O)cc1. The highest BCUT2D eigenvalue weighted by molar-refractivity contribution is 14.1. The van der Waals surface area contributed by atoms with Gasteiger partial charge in [0.1, 0.15) is 0 Å². The van der Waals surface area contributed by atoms with Gasteiger partial charge >= 0.3 is 0 Å². The molecule has 0 heterocycles. The highest BCUT2D eigenvalue weighted by Crippen LogP contribution is 2.28. The number of halogens is 1. The van der Waals surface area contributed by atoms with Crippen LogP contribution in [-0.2, 0) is 4.79 Å². The molecule has 0 atom stereocenters. The highest BCUT2D eigenvalue weighted by atomic mass is 127. The summed E-state index contributed by atoms with van der Waals surface area (Å²) >= 11 is 2.29. The zero-order valence-electron chi connectivity index (χ0n) is 14.6. The van der Waals surface area contributed by atoms with Gasteiger partial charge in [-0.15, -0.1) is 0 Å². The number of carbonyl (C=O) groups excluding carboxylic acids is 1. The molecule has 0 spiro atoms. The number of allylic oxidation sites excluding steroid dienone is 2. The molecule has 0 amide bonds. The summed E-state index contributed by atoms with van der Waals surface area (Å²) in [4.78, 5) is 14.9. The Morgan fingerprint density at radius 3 is 1.80 bits per heavy atom. The average molecular weight is 443 g/mol. The Morgan fingerprint density at radius 2 is 1.32 bits per heavy atom. The molecule has 3 rings (SSSR count). The van der Waals surface area contributed by atoms with Gasteiger partial charge in [-0.1, -0.05) is 24.3 Å². The van der Waals surface area contributed by atoms with E-state index in [1.165, 1.54) is 3.57 Å². The number of hydrogen-bond acceptors (Lipinski definition) is 2. The van der Waals surface area contributed by atoms with Gasteiger partial charge in [0, 0.05) is 34.5 Å². The summed E-state index contributed by atoms with van der Waals surface area (Å²) in [6.45, 7) is 0. The van der Waals surface area contributed by atoms with E-state index < -0.39 is 0 Å². The largest absolute Gasteiger partial charge is 0.378 e. The van der Waals surface area contributed by atoms with E-state index in [1.54, 1.807) is 0 Å². The fourth-order valence-electron chi connectivity index (χ4n) is 3.01. The lowest BCUT2D eigenvalue weighted by molar-refractivity contribution is -0.112. The minimum atomic E-state index is 0.196. The van der Waals surface area contributed by atoms with Crippen molar-refractivity contribution in [3.05, 3.63) is 74.4 Å². The normalized spacial score (nSPS) is 18.0. The van der Waals surface area contributed by atoms with Gasteiger partial charge in [0.2, 0.25) is 0 Å². The van der Waals surface area contributed by atoms with Crippen molar-refractivity contribution < 1.29 is 4.79 Å². The van der Waals surface area contributed by atoms with Crippen LogP contribution in [0.25, 0.3) is 12.2 Å². The van der Waals surface area contributed by atoms with Crippen LogP contribution in [0.1, 0.15) is 30.4 Å². The molecule has 3 heteroatoms. The van der Waals surface area contributed by atoms with Crippen molar-refractivity contribution in [1.82, 2.24) is 0 Å². The van der Waals surface area contributed by atoms with Crippen molar-refractivity contribution in [2.75, 3.05) is 19.0 Å². The van der Waals surface area contributed by atoms with Gasteiger partial charge in [0.25, 0.3) is 0 Å². The number of carbonyl (C=O) groups is 1. The maximum atomic E-state index is 12.8. The van der Waals surface area contributed by atoms with Gasteiger partial charge in [0.05, 0.1) is 0 Å². The van der Waals surface area contributed by atoms with Crippen molar-refractivity contribution >= 4 is 46.2 Å². The van der Waals surface area contributed by atoms with Crippen LogP contribution in [0.2, 0.25) is 0 Å². The second-order valence-corrected chi connectivity index (χ2v) is 7.80. The number of rotatable bonds is 3. The Hall–Kier alpha value is -1.88. The Labute approximate surface area is 163 Å². The fraction of sp³-hybridized carbons (Fsp3) is 0.227. The van der Waals surface area contributed by atoms with E-state index in [1.807, 2.05) is 26.2 Å². The minimum Gasteiger partial charge on any atom is -0.378 e. The van der Waals surface area contributed by atoms with Crippen LogP contribution in [0.5, 0.6) is 0 Å². The molecule has 1 aliphatic rings. The molecular formula is C22H22INO. The highest BCUT2D eigenvalue weighted by Gasteiger charge is 2.20. The molecule has 0 radical (unpaired) electrons. The van der Waals surface area contributed by atoms with Crippen LogP contribution in [0, 0.1) is 3.57 Å². The molecule has 0 unspecified atom stereocenters. The predicted molar refractivity (Wildman–Crippen MR) is 115 cm³/mol. The van der Waals surface area contributed by atoms with Crippen LogP contribution in [0.3, 0.4) is 0 Å². The predicted octanol–water partition coefficient (Wildman–Crippen LogP) is 5.58. The van der Waals surface area contributed by atoms with Gasteiger partial charge < -0.3 is 4.90 Å². The first kappa shape index (κ1) is 17.9. The van der Waals surface area contributed by atoms with E-state index in [-0.39, 0.29) is 5.78 Å². The first-order valence-corrected chi connectivity index (χ1v) is 9.59. The molecule has 1 aliphatic carbocycles. The molecule has 2 nitrogen and oxygen atoms in total. The average Bonchev–Trinajstić information content (AvgIpc) is 2.61. The molecule has 0 N–H and O–H groups in total. The Bertz CT molecular complexity index is 814. The van der Waals surface area contributed by atoms with Gasteiger partial charge in [-0.2, -0.15) is 0 Å². The van der Waals surface area contributed by atoms with E-state index in [4.69, 9.17) is 0 Å². The fourth-order valence-corrected chi connectivity index (χ4v) is 3.37. The van der Waals surface area contributed by atoms with Crippen LogP contribution in [0.4, 0.5) is 5.69 Å². The number of ketones is 1. The van der Waals surface area contributed by atoms with E-state index in [9.17, 15) is 4.79 Å². The third-order valence-electron chi connectivity index (χ3n) is 4.44. The maximum absolute atomic E-state index is 12.8. The summed E-state index contributed by atoms with van der Waals surface area (Å²) in [5, 5.41) is 0. The summed E-state index contributed by atoms with van der Waals surface area (Å²) in [5.41, 5.74) is 5.19. The zero-order chi connectivity index (χ0) is 17.8. The number of Topliss-reactive ketones (excluding diaryl/α,β-unsaturated/α-hetero) is 1. The molecule has 0 saturated heterocycles. The molecule has 2 aromatic carbocycles. The molecular weight excluding hydrogens is 421 g/mol. The second kappa shape index (κ2) is 8.00. The molecule has 128 valence electrons. The second-order valence-electron chi connectivity index (χ2n) is 6.56. The zero-order valence-corrected chi connectivity index (χ0v) is 16.8. The number of hydrogen-bond donors (Lipinski definition) is 0. The van der Waals surface area contributed by atoms with Crippen molar-refractivity contribution in [2.45, 2.75) is 19.3 Å². The molecule has 2 aromatic rings. The van der Waals surface area contributed by atoms with Crippen LogP contribution in [-0.4, -0.2) is 19.9 Å². The smallest absolute Gasteiger partial charge is 0.185 e. The first-order valence-electron chi connectivity index (χ1n) is 8.52. The van der Waals surface area contributed by atoms with E-state index in [2.05, 4.69) is 76.0 Å². The third kappa shape index (κ3) is 4.60. The first-order chi connectivity index (χ1) is 12.0. The third-order valence-corrected chi connectivity index (χ3v) is 5.16. The molecule has 25 heavy (non-hydrogen) atoms. The summed E-state index contributed by atoms with van der Waals surface area (Å²) in [7, 11) is 4.06. The quantitative estimate of drug-likeness (QED) is 0.456. The summed E-state index contributed by atoms with van der Waals surface area (Å²) in [6.07, 6.45) is 6.84. The van der Waals surface area contributed by atoms with Crippen molar-refractivity contribution in [3.63, 3.8) is 0 Å². The van der Waals surface area contributed by atoms with Gasteiger partial charge in [0.15, 0.2) is 5.78 Å². The maximum Gasteiger partial charge on any atom is 0.185 e. The number of nitrogens with zero attached hydrogens (tertiary/aromatic N) is 1. The number of benzene rings is 2. The lowest BCUT2D eigenvalue weighted by Crippen LogP contribution is -2.12. The summed E-state index contributed by atoms with van der Waals surface area (Å²) in [5.74, 6) is 0.196. The molecule has 1 saturated carbocycles. The molecule has 0 aliphatic heterocycles. The van der Waals surface area contributed by atoms with Gasteiger partial charge in [-0.3, -0.25) is 4.79 Å². The van der Waals surface area contributed by atoms with Crippen LogP contribution < -0.4 is 4.90 Å². The van der Waals surface area contributed by atoms with Gasteiger partial charge in [-0.25, -0.2) is 0 Å². The topological polar surface area (TPSA) is 20.3 Å². The summed E-state index contributed by atoms with van der Waals surface area (Å²) in [6, 6.07) is 16.6. The molecule has 0 bridgehead atoms. The molecule has 1 fully saturated rings. The lowest BCUT2D eigenvalue weighted by atomic mass is 9.87. The van der Waals surface area contributed by atoms with E-state index >= 15 is 0 Å². The van der Waals surface area contributed by atoms with E-state index in [0.717, 1.165) is 47.2 Å².